The molecule has 0 fully saturated rings. The van der Waals surface area contributed by atoms with Gasteiger partial charge in [0.1, 0.15) is 5.75 Å². The zero-order valence-electron chi connectivity index (χ0n) is 8.87. The average Bonchev–Trinajstić information content (AvgIpc) is 2.22. The molecule has 5 nitrogen and oxygen atoms in total. The van der Waals surface area contributed by atoms with E-state index in [1.54, 1.807) is 6.07 Å². The Morgan fingerprint density at radius 3 is 2.65 bits per heavy atom. The summed E-state index contributed by atoms with van der Waals surface area (Å²) in [5, 5.41) is 2.63. The van der Waals surface area contributed by atoms with E-state index in [4.69, 9.17) is 33.7 Å². The zero-order chi connectivity index (χ0) is 13.0. The van der Waals surface area contributed by atoms with Crippen molar-refractivity contribution in [3.8, 4) is 5.75 Å². The van der Waals surface area contributed by atoms with Crippen LogP contribution in [0.2, 0.25) is 10.0 Å². The number of hydrogen-bond acceptors (Lipinski definition) is 3. The number of urea groups is 1. The number of carbonyl (C=O) groups excluding carboxylic acids is 2. The van der Waals surface area contributed by atoms with Gasteiger partial charge in [0.05, 0.1) is 5.02 Å². The SMILES string of the molecule is C[C@@H](Oc1cc(Cl)ccc1Cl)C(=O)NC(N)=O. The quantitative estimate of drug-likeness (QED) is 0.886. The van der Waals surface area contributed by atoms with Crippen LogP contribution in [-0.4, -0.2) is 18.0 Å². The molecule has 1 aromatic rings. The zero-order valence-corrected chi connectivity index (χ0v) is 10.4. The van der Waals surface area contributed by atoms with E-state index >= 15 is 0 Å². The number of halogens is 2. The lowest BCUT2D eigenvalue weighted by molar-refractivity contribution is -0.126. The number of hydrogen-bond donors (Lipinski definition) is 2. The number of rotatable bonds is 3. The molecule has 0 spiro atoms. The molecule has 0 bridgehead atoms. The van der Waals surface area contributed by atoms with Gasteiger partial charge >= 0.3 is 6.03 Å². The van der Waals surface area contributed by atoms with E-state index in [1.807, 2.05) is 5.32 Å². The molecule has 0 aliphatic rings. The molecule has 7 heteroatoms. The summed E-state index contributed by atoms with van der Waals surface area (Å²) in [7, 11) is 0. The molecule has 92 valence electrons. The van der Waals surface area contributed by atoms with Crippen molar-refractivity contribution in [2.24, 2.45) is 5.73 Å². The molecule has 1 rings (SSSR count). The van der Waals surface area contributed by atoms with Crippen LogP contribution < -0.4 is 15.8 Å². The maximum Gasteiger partial charge on any atom is 0.318 e. The smallest absolute Gasteiger partial charge is 0.318 e. The van der Waals surface area contributed by atoms with Crippen molar-refractivity contribution in [3.63, 3.8) is 0 Å². The number of amides is 3. The van der Waals surface area contributed by atoms with Gasteiger partial charge in [-0.05, 0) is 19.1 Å². The highest BCUT2D eigenvalue weighted by molar-refractivity contribution is 6.34. The number of imide groups is 1. The Balaban J connectivity index is 2.73. The van der Waals surface area contributed by atoms with Crippen LogP contribution in [0, 0.1) is 0 Å². The lowest BCUT2D eigenvalue weighted by atomic mass is 10.3. The fourth-order valence-electron chi connectivity index (χ4n) is 1.03. The van der Waals surface area contributed by atoms with E-state index in [9.17, 15) is 9.59 Å². The second kappa shape index (κ2) is 5.75. The van der Waals surface area contributed by atoms with Gasteiger partial charge in [-0.3, -0.25) is 10.1 Å². The average molecular weight is 277 g/mol. The molecule has 1 aromatic carbocycles. The first-order chi connectivity index (χ1) is 7.90. The third-order valence-corrected chi connectivity index (χ3v) is 2.36. The normalized spacial score (nSPS) is 11.7. The van der Waals surface area contributed by atoms with Gasteiger partial charge in [-0.25, -0.2) is 4.79 Å². The second-order valence-corrected chi connectivity index (χ2v) is 4.03. The first kappa shape index (κ1) is 13.6. The molecule has 1 atom stereocenters. The van der Waals surface area contributed by atoms with Crippen LogP contribution in [0.3, 0.4) is 0 Å². The maximum absolute atomic E-state index is 11.3. The van der Waals surface area contributed by atoms with Gasteiger partial charge in [0, 0.05) is 11.1 Å². The summed E-state index contributed by atoms with van der Waals surface area (Å²) in [5.74, 6) is -0.403. The first-order valence-electron chi connectivity index (χ1n) is 4.62. The fraction of sp³-hybridized carbons (Fsp3) is 0.200. The second-order valence-electron chi connectivity index (χ2n) is 3.19. The summed E-state index contributed by atoms with van der Waals surface area (Å²) < 4.78 is 5.25. The minimum Gasteiger partial charge on any atom is -0.479 e. The number of ether oxygens (including phenoxy) is 1. The summed E-state index contributed by atoms with van der Waals surface area (Å²) in [5.41, 5.74) is 4.80. The standard InChI is InChI=1S/C10H10Cl2N2O3/c1-5(9(15)14-10(13)16)17-8-4-6(11)2-3-7(8)12/h2-5H,1H3,(H3,13,14,15,16)/t5-/m1/s1. The van der Waals surface area contributed by atoms with E-state index in [2.05, 4.69) is 0 Å². The molecular formula is C10H10Cl2N2O3. The number of nitrogens with two attached hydrogens (primary N) is 1. The Hall–Kier alpha value is -1.46. The molecule has 0 saturated heterocycles. The molecular weight excluding hydrogens is 267 g/mol. The van der Waals surface area contributed by atoms with Crippen molar-refractivity contribution in [1.82, 2.24) is 5.32 Å². The molecule has 0 saturated carbocycles. The first-order valence-corrected chi connectivity index (χ1v) is 5.37. The van der Waals surface area contributed by atoms with Gasteiger partial charge in [-0.15, -0.1) is 0 Å². The van der Waals surface area contributed by atoms with Crippen molar-refractivity contribution in [2.45, 2.75) is 13.0 Å². The van der Waals surface area contributed by atoms with Gasteiger partial charge in [0.25, 0.3) is 5.91 Å². The van der Waals surface area contributed by atoms with Crippen LogP contribution in [-0.2, 0) is 4.79 Å². The van der Waals surface area contributed by atoms with Crippen molar-refractivity contribution in [3.05, 3.63) is 28.2 Å². The number of benzene rings is 1. The monoisotopic (exact) mass is 276 g/mol. The van der Waals surface area contributed by atoms with Crippen LogP contribution in [0.4, 0.5) is 4.79 Å². The van der Waals surface area contributed by atoms with Crippen LogP contribution in [0.15, 0.2) is 18.2 Å². The van der Waals surface area contributed by atoms with Crippen molar-refractivity contribution in [1.29, 1.82) is 0 Å². The highest BCUT2D eigenvalue weighted by atomic mass is 35.5. The van der Waals surface area contributed by atoms with Gasteiger partial charge < -0.3 is 10.5 Å². The Bertz CT molecular complexity index is 451. The Morgan fingerprint density at radius 2 is 2.06 bits per heavy atom. The predicted molar refractivity (Wildman–Crippen MR) is 64.3 cm³/mol. The van der Waals surface area contributed by atoms with E-state index in [0.29, 0.717) is 10.0 Å². The van der Waals surface area contributed by atoms with Crippen LogP contribution in [0.25, 0.3) is 0 Å². The lowest BCUT2D eigenvalue weighted by Crippen LogP contribution is -2.42. The molecule has 17 heavy (non-hydrogen) atoms. The van der Waals surface area contributed by atoms with Gasteiger partial charge in [0.15, 0.2) is 6.10 Å². The van der Waals surface area contributed by atoms with Crippen LogP contribution in [0.5, 0.6) is 5.75 Å². The summed E-state index contributed by atoms with van der Waals surface area (Å²) in [6.45, 7) is 1.45. The predicted octanol–water partition coefficient (Wildman–Crippen LogP) is 1.96. The summed E-state index contributed by atoms with van der Waals surface area (Å²) in [6, 6.07) is 3.66. The molecule has 0 heterocycles. The fourth-order valence-corrected chi connectivity index (χ4v) is 1.36. The number of primary amides is 1. The summed E-state index contributed by atoms with van der Waals surface area (Å²) >= 11 is 11.6. The molecule has 0 aromatic heterocycles. The minimum absolute atomic E-state index is 0.256. The topological polar surface area (TPSA) is 81.4 Å². The highest BCUT2D eigenvalue weighted by Gasteiger charge is 2.17. The van der Waals surface area contributed by atoms with E-state index in [1.165, 1.54) is 19.1 Å². The molecule has 3 N–H and O–H groups in total. The molecule has 0 unspecified atom stereocenters. The molecule has 3 amide bonds. The highest BCUT2D eigenvalue weighted by Crippen LogP contribution is 2.28. The molecule has 0 aliphatic heterocycles. The minimum atomic E-state index is -0.942. The number of carbonyl (C=O) groups is 2. The summed E-state index contributed by atoms with van der Waals surface area (Å²) in [4.78, 5) is 21.8. The van der Waals surface area contributed by atoms with Crippen molar-refractivity contribution >= 4 is 35.1 Å². The number of nitrogens with one attached hydrogen (secondary N) is 1. The van der Waals surface area contributed by atoms with Crippen molar-refractivity contribution in [2.75, 3.05) is 0 Å². The van der Waals surface area contributed by atoms with Crippen LogP contribution >= 0.6 is 23.2 Å². The summed E-state index contributed by atoms with van der Waals surface area (Å²) in [6.07, 6.45) is -0.918. The third-order valence-electron chi connectivity index (χ3n) is 1.81. The third kappa shape index (κ3) is 4.13. The van der Waals surface area contributed by atoms with Gasteiger partial charge in [0.2, 0.25) is 0 Å². The lowest BCUT2D eigenvalue weighted by Gasteiger charge is -2.14. The van der Waals surface area contributed by atoms with Gasteiger partial charge in [-0.1, -0.05) is 23.2 Å². The van der Waals surface area contributed by atoms with E-state index in [-0.39, 0.29) is 5.75 Å². The largest absolute Gasteiger partial charge is 0.479 e. The van der Waals surface area contributed by atoms with E-state index in [0.717, 1.165) is 0 Å². The Morgan fingerprint density at radius 1 is 1.41 bits per heavy atom. The Labute approximate surface area is 108 Å². The van der Waals surface area contributed by atoms with Crippen molar-refractivity contribution < 1.29 is 14.3 Å². The maximum atomic E-state index is 11.3. The molecule has 0 radical (unpaired) electrons. The molecule has 0 aliphatic carbocycles. The van der Waals surface area contributed by atoms with E-state index < -0.39 is 18.0 Å². The van der Waals surface area contributed by atoms with Gasteiger partial charge in [-0.2, -0.15) is 0 Å². The van der Waals surface area contributed by atoms with Crippen LogP contribution in [0.1, 0.15) is 6.92 Å². The Kier molecular flexibility index (Phi) is 4.60.